The molecule has 0 aliphatic heterocycles. The Kier molecular flexibility index (Phi) is 2.29. The highest BCUT2D eigenvalue weighted by atomic mass is 15.3. The highest BCUT2D eigenvalue weighted by Crippen LogP contribution is 2.05. The quantitative estimate of drug-likeness (QED) is 0.725. The zero-order valence-corrected chi connectivity index (χ0v) is 7.82. The lowest BCUT2D eigenvalue weighted by atomic mass is 10.2. The van der Waals surface area contributed by atoms with Gasteiger partial charge in [0, 0.05) is 0 Å². The molecule has 2 aromatic heterocycles. The Morgan fingerprint density at radius 3 is 3.15 bits per heavy atom. The van der Waals surface area contributed by atoms with E-state index in [1.165, 1.54) is 19.3 Å². The summed E-state index contributed by atoms with van der Waals surface area (Å²) in [7, 11) is 0. The van der Waals surface area contributed by atoms with Crippen molar-refractivity contribution in [2.45, 2.75) is 32.6 Å². The maximum Gasteiger partial charge on any atom is 0.250 e. The molecular weight excluding hydrogens is 164 g/mol. The second-order valence-corrected chi connectivity index (χ2v) is 3.25. The molecule has 0 aliphatic carbocycles. The highest BCUT2D eigenvalue weighted by Gasteiger charge is 2.01. The molecule has 0 unspecified atom stereocenters. The lowest BCUT2D eigenvalue weighted by Gasteiger charge is -1.92. The van der Waals surface area contributed by atoms with Gasteiger partial charge in [-0.2, -0.15) is 0 Å². The molecule has 0 radical (unpaired) electrons. The first-order valence-corrected chi connectivity index (χ1v) is 4.77. The van der Waals surface area contributed by atoms with Crippen molar-refractivity contribution in [1.29, 1.82) is 0 Å². The van der Waals surface area contributed by atoms with Crippen LogP contribution < -0.4 is 0 Å². The number of imidazole rings is 1. The van der Waals surface area contributed by atoms with Gasteiger partial charge in [-0.1, -0.05) is 19.8 Å². The molecule has 1 N–H and O–H groups in total. The average molecular weight is 178 g/mol. The SMILES string of the molecule is CCCCCc1cn2[nH]cnc2n1. The van der Waals surface area contributed by atoms with Gasteiger partial charge in [-0.05, 0) is 12.8 Å². The predicted octanol–water partition coefficient (Wildman–Crippen LogP) is 1.79. The molecule has 0 fully saturated rings. The molecule has 0 aromatic carbocycles. The molecule has 4 nitrogen and oxygen atoms in total. The van der Waals surface area contributed by atoms with E-state index >= 15 is 0 Å². The number of hydrogen-bond acceptors (Lipinski definition) is 2. The molecule has 0 bridgehead atoms. The monoisotopic (exact) mass is 178 g/mol. The fourth-order valence-electron chi connectivity index (χ4n) is 1.43. The molecule has 2 aromatic rings. The van der Waals surface area contributed by atoms with E-state index in [9.17, 15) is 0 Å². The second kappa shape index (κ2) is 3.60. The van der Waals surface area contributed by atoms with Gasteiger partial charge < -0.3 is 0 Å². The standard InChI is InChI=1S/C9H14N4/c1-2-3-4-5-8-6-13-9(12-8)10-7-11-13/h6-7H,2-5H2,1H3,(H,10,11,12). The summed E-state index contributed by atoms with van der Waals surface area (Å²) >= 11 is 0. The molecule has 2 rings (SSSR count). The van der Waals surface area contributed by atoms with Crippen LogP contribution in [0.1, 0.15) is 31.9 Å². The van der Waals surface area contributed by atoms with Crippen LogP contribution in [-0.2, 0) is 6.42 Å². The molecule has 0 aliphatic rings. The number of aryl methyl sites for hydroxylation is 1. The third-order valence-corrected chi connectivity index (χ3v) is 2.15. The maximum absolute atomic E-state index is 4.37. The molecule has 70 valence electrons. The minimum Gasteiger partial charge on any atom is -0.281 e. The van der Waals surface area contributed by atoms with Crippen molar-refractivity contribution in [2.24, 2.45) is 0 Å². The average Bonchev–Trinajstić information content (AvgIpc) is 2.64. The van der Waals surface area contributed by atoms with Crippen LogP contribution >= 0.6 is 0 Å². The molecule has 0 amide bonds. The largest absolute Gasteiger partial charge is 0.281 e. The van der Waals surface area contributed by atoms with Crippen LogP contribution in [0.2, 0.25) is 0 Å². The van der Waals surface area contributed by atoms with Crippen LogP contribution in [0.15, 0.2) is 12.5 Å². The predicted molar refractivity (Wildman–Crippen MR) is 50.6 cm³/mol. The smallest absolute Gasteiger partial charge is 0.250 e. The van der Waals surface area contributed by atoms with Crippen molar-refractivity contribution in [3.63, 3.8) is 0 Å². The zero-order chi connectivity index (χ0) is 9.10. The molecule has 4 heteroatoms. The van der Waals surface area contributed by atoms with Gasteiger partial charge in [-0.15, -0.1) is 0 Å². The van der Waals surface area contributed by atoms with Crippen LogP contribution in [0.3, 0.4) is 0 Å². The number of fused-ring (bicyclic) bond motifs is 1. The summed E-state index contributed by atoms with van der Waals surface area (Å²) in [6.07, 6.45) is 8.47. The van der Waals surface area contributed by atoms with Crippen molar-refractivity contribution in [3.05, 3.63) is 18.2 Å². The Balaban J connectivity index is 2.03. The van der Waals surface area contributed by atoms with Crippen molar-refractivity contribution >= 4 is 5.78 Å². The molecular formula is C9H14N4. The second-order valence-electron chi connectivity index (χ2n) is 3.25. The number of unbranched alkanes of at least 4 members (excludes halogenated alkanes) is 2. The molecule has 13 heavy (non-hydrogen) atoms. The minimum absolute atomic E-state index is 0.770. The van der Waals surface area contributed by atoms with Gasteiger partial charge in [0.15, 0.2) is 0 Å². The Bertz CT molecular complexity index is 345. The zero-order valence-electron chi connectivity index (χ0n) is 7.82. The molecule has 0 atom stereocenters. The van der Waals surface area contributed by atoms with E-state index in [2.05, 4.69) is 22.0 Å². The van der Waals surface area contributed by atoms with Gasteiger partial charge in [0.25, 0.3) is 5.78 Å². The molecule has 0 saturated heterocycles. The first-order chi connectivity index (χ1) is 6.40. The molecule has 0 saturated carbocycles. The van der Waals surface area contributed by atoms with Crippen molar-refractivity contribution in [3.8, 4) is 0 Å². The van der Waals surface area contributed by atoms with E-state index < -0.39 is 0 Å². The summed E-state index contributed by atoms with van der Waals surface area (Å²) < 4.78 is 1.85. The number of nitrogens with one attached hydrogen (secondary N) is 1. The summed E-state index contributed by atoms with van der Waals surface area (Å²) in [6.45, 7) is 2.21. The Morgan fingerprint density at radius 2 is 2.38 bits per heavy atom. The van der Waals surface area contributed by atoms with Gasteiger partial charge in [0.05, 0.1) is 11.9 Å². The topological polar surface area (TPSA) is 46.0 Å². The highest BCUT2D eigenvalue weighted by molar-refractivity contribution is 5.27. The first-order valence-electron chi connectivity index (χ1n) is 4.77. The maximum atomic E-state index is 4.37. The van der Waals surface area contributed by atoms with Gasteiger partial charge in [0.2, 0.25) is 0 Å². The summed E-state index contributed by atoms with van der Waals surface area (Å²) in [4.78, 5) is 8.43. The van der Waals surface area contributed by atoms with Crippen LogP contribution in [0, 0.1) is 0 Å². The third-order valence-electron chi connectivity index (χ3n) is 2.15. The lowest BCUT2D eigenvalue weighted by molar-refractivity contribution is 0.709. The van der Waals surface area contributed by atoms with E-state index in [1.54, 1.807) is 6.33 Å². The number of H-pyrrole nitrogens is 1. The fraction of sp³-hybridized carbons (Fsp3) is 0.556. The first kappa shape index (κ1) is 8.29. The van der Waals surface area contributed by atoms with Gasteiger partial charge in [-0.25, -0.2) is 14.5 Å². The minimum atomic E-state index is 0.770. The normalized spacial score (nSPS) is 11.2. The summed E-state index contributed by atoms with van der Waals surface area (Å²) in [5.41, 5.74) is 1.13. The number of rotatable bonds is 4. The molecule has 2 heterocycles. The van der Waals surface area contributed by atoms with E-state index in [0.29, 0.717) is 0 Å². The Morgan fingerprint density at radius 1 is 1.46 bits per heavy atom. The Hall–Kier alpha value is -1.32. The van der Waals surface area contributed by atoms with Crippen molar-refractivity contribution in [1.82, 2.24) is 19.6 Å². The summed E-state index contributed by atoms with van der Waals surface area (Å²) in [5.74, 6) is 0.770. The van der Waals surface area contributed by atoms with Crippen LogP contribution in [-0.4, -0.2) is 19.6 Å². The van der Waals surface area contributed by atoms with E-state index in [0.717, 1.165) is 17.9 Å². The van der Waals surface area contributed by atoms with E-state index in [-0.39, 0.29) is 0 Å². The van der Waals surface area contributed by atoms with Crippen LogP contribution in [0.5, 0.6) is 0 Å². The third kappa shape index (κ3) is 1.71. The number of aromatic amines is 1. The van der Waals surface area contributed by atoms with Gasteiger partial charge >= 0.3 is 0 Å². The van der Waals surface area contributed by atoms with Crippen LogP contribution in [0.4, 0.5) is 0 Å². The van der Waals surface area contributed by atoms with Gasteiger partial charge in [-0.3, -0.25) is 5.10 Å². The number of aromatic nitrogens is 4. The number of hydrogen-bond donors (Lipinski definition) is 1. The van der Waals surface area contributed by atoms with E-state index in [1.807, 2.05) is 10.7 Å². The van der Waals surface area contributed by atoms with Gasteiger partial charge in [0.1, 0.15) is 6.33 Å². The van der Waals surface area contributed by atoms with Crippen molar-refractivity contribution in [2.75, 3.05) is 0 Å². The van der Waals surface area contributed by atoms with Crippen LogP contribution in [0.25, 0.3) is 5.78 Å². The number of nitrogens with zero attached hydrogens (tertiary/aromatic N) is 3. The molecule has 0 spiro atoms. The fourth-order valence-corrected chi connectivity index (χ4v) is 1.43. The van der Waals surface area contributed by atoms with E-state index in [4.69, 9.17) is 0 Å². The van der Waals surface area contributed by atoms with Crippen molar-refractivity contribution < 1.29 is 0 Å². The summed E-state index contributed by atoms with van der Waals surface area (Å²) in [6, 6.07) is 0. The lowest BCUT2D eigenvalue weighted by Crippen LogP contribution is -1.85. The summed E-state index contributed by atoms with van der Waals surface area (Å²) in [5, 5.41) is 2.97. The Labute approximate surface area is 77.0 Å².